The summed E-state index contributed by atoms with van der Waals surface area (Å²) >= 11 is 0. The second kappa shape index (κ2) is 39.4. The zero-order valence-corrected chi connectivity index (χ0v) is 33.3. The molecule has 4 nitrogen and oxygen atoms in total. The molecule has 1 atom stereocenters. The summed E-state index contributed by atoms with van der Waals surface area (Å²) < 4.78 is 10.6. The molecule has 0 bridgehead atoms. The van der Waals surface area contributed by atoms with Crippen LogP contribution in [0.25, 0.3) is 0 Å². The van der Waals surface area contributed by atoms with E-state index < -0.39 is 0 Å². The highest BCUT2D eigenvalue weighted by Crippen LogP contribution is 2.16. The van der Waals surface area contributed by atoms with Gasteiger partial charge in [0.25, 0.3) is 0 Å². The summed E-state index contributed by atoms with van der Waals surface area (Å²) in [6.45, 7) is 15.8. The maximum absolute atomic E-state index is 11.8. The number of hydrogen-bond donors (Lipinski definition) is 0. The third-order valence-electron chi connectivity index (χ3n) is 9.29. The summed E-state index contributed by atoms with van der Waals surface area (Å²) in [5.74, 6) is 1.41. The maximum atomic E-state index is 11.8. The minimum absolute atomic E-state index is 0.0170. The van der Waals surface area contributed by atoms with Gasteiger partial charge in [0.1, 0.15) is 0 Å². The first-order valence-electron chi connectivity index (χ1n) is 21.1. The fraction of sp³-hybridized carbons (Fsp3) is 0.953. The van der Waals surface area contributed by atoms with Crippen molar-refractivity contribution in [3.8, 4) is 0 Å². The maximum Gasteiger partial charge on any atom is 0.306 e. The molecule has 0 aromatic heterocycles. The van der Waals surface area contributed by atoms with Crippen molar-refractivity contribution in [3.05, 3.63) is 0 Å². The lowest BCUT2D eigenvalue weighted by Gasteiger charge is -2.14. The largest absolute Gasteiger partial charge is 0.465 e. The standard InChI is InChI=1S/C26H52O2.C17H34O2/c1-5-7-21-25(6-2)23-28-26(27)22-19-17-15-13-11-9-8-10-12-14-16-18-20-24(3)4;1-4-5-6-7-8-9-10-11-12-13-14-15-17(18)19-16(2)3/h24-25H,5-23H2,1-4H3;16H,4-15H2,1-3H3. The predicted octanol–water partition coefficient (Wildman–Crippen LogP) is 14.5. The molecule has 4 heteroatoms. The lowest BCUT2D eigenvalue weighted by atomic mass is 10.0. The Kier molecular flexibility index (Phi) is 40.3. The second-order valence-corrected chi connectivity index (χ2v) is 15.1. The van der Waals surface area contributed by atoms with Crippen LogP contribution in [-0.2, 0) is 19.1 Å². The van der Waals surface area contributed by atoms with Crippen LogP contribution >= 0.6 is 0 Å². The van der Waals surface area contributed by atoms with Gasteiger partial charge in [0.15, 0.2) is 0 Å². The highest BCUT2D eigenvalue weighted by molar-refractivity contribution is 5.69. The smallest absolute Gasteiger partial charge is 0.306 e. The van der Waals surface area contributed by atoms with Crippen LogP contribution in [0.3, 0.4) is 0 Å². The number of rotatable bonds is 34. The van der Waals surface area contributed by atoms with Gasteiger partial charge >= 0.3 is 11.9 Å². The van der Waals surface area contributed by atoms with Crippen LogP contribution in [0.2, 0.25) is 0 Å². The highest BCUT2D eigenvalue weighted by atomic mass is 16.5. The van der Waals surface area contributed by atoms with Gasteiger partial charge in [-0.05, 0) is 44.9 Å². The van der Waals surface area contributed by atoms with Crippen molar-refractivity contribution in [1.82, 2.24) is 0 Å². The monoisotopic (exact) mass is 667 g/mol. The molecule has 0 aromatic carbocycles. The molecule has 0 aliphatic carbocycles. The van der Waals surface area contributed by atoms with Crippen LogP contribution in [0, 0.1) is 11.8 Å². The first kappa shape index (κ1) is 48.1. The van der Waals surface area contributed by atoms with E-state index in [9.17, 15) is 9.59 Å². The van der Waals surface area contributed by atoms with Crippen molar-refractivity contribution in [2.45, 2.75) is 247 Å². The van der Waals surface area contributed by atoms with Gasteiger partial charge in [-0.15, -0.1) is 0 Å². The van der Waals surface area contributed by atoms with Gasteiger partial charge in [0.2, 0.25) is 0 Å². The summed E-state index contributed by atoms with van der Waals surface area (Å²) in [6, 6.07) is 0. The van der Waals surface area contributed by atoms with Crippen molar-refractivity contribution >= 4 is 11.9 Å². The lowest BCUT2D eigenvalue weighted by molar-refractivity contribution is -0.147. The van der Waals surface area contributed by atoms with Gasteiger partial charge in [-0.3, -0.25) is 9.59 Å². The average molecular weight is 667 g/mol. The highest BCUT2D eigenvalue weighted by Gasteiger charge is 2.10. The first-order valence-corrected chi connectivity index (χ1v) is 21.1. The second-order valence-electron chi connectivity index (χ2n) is 15.1. The molecule has 47 heavy (non-hydrogen) atoms. The Bertz CT molecular complexity index is 629. The molecule has 0 heterocycles. The molecule has 0 spiro atoms. The molecule has 0 aliphatic heterocycles. The fourth-order valence-electron chi connectivity index (χ4n) is 6.03. The SMILES string of the molecule is CCCCC(CC)COC(=O)CCCCCCCCCCCCCCC(C)C.CCCCCCCCCCCCCC(=O)OC(C)C. The minimum Gasteiger partial charge on any atom is -0.465 e. The van der Waals surface area contributed by atoms with Gasteiger partial charge in [-0.1, -0.05) is 195 Å². The zero-order chi connectivity index (χ0) is 35.2. The topological polar surface area (TPSA) is 52.6 Å². The molecule has 0 saturated heterocycles. The lowest BCUT2D eigenvalue weighted by Crippen LogP contribution is -2.13. The molecule has 0 N–H and O–H groups in total. The van der Waals surface area contributed by atoms with E-state index in [2.05, 4.69) is 34.6 Å². The number of carbonyl (C=O) groups is 2. The average Bonchev–Trinajstić information content (AvgIpc) is 3.03. The molecule has 0 aromatic rings. The van der Waals surface area contributed by atoms with Crippen molar-refractivity contribution in [2.75, 3.05) is 6.61 Å². The Labute approximate surface area is 296 Å². The van der Waals surface area contributed by atoms with E-state index in [1.54, 1.807) is 0 Å². The fourth-order valence-corrected chi connectivity index (χ4v) is 6.03. The molecule has 0 aliphatic rings. The van der Waals surface area contributed by atoms with E-state index in [1.807, 2.05) is 13.8 Å². The van der Waals surface area contributed by atoms with Crippen LogP contribution in [0.4, 0.5) is 0 Å². The summed E-state index contributed by atoms with van der Waals surface area (Å²) in [6.07, 6.45) is 38.0. The van der Waals surface area contributed by atoms with Gasteiger partial charge < -0.3 is 9.47 Å². The first-order chi connectivity index (χ1) is 22.8. The van der Waals surface area contributed by atoms with E-state index in [-0.39, 0.29) is 18.0 Å². The van der Waals surface area contributed by atoms with Gasteiger partial charge in [0, 0.05) is 12.8 Å². The molecule has 0 fully saturated rings. The molecule has 0 rings (SSSR count). The van der Waals surface area contributed by atoms with Gasteiger partial charge in [0.05, 0.1) is 12.7 Å². The van der Waals surface area contributed by atoms with Crippen LogP contribution in [-0.4, -0.2) is 24.6 Å². The summed E-state index contributed by atoms with van der Waals surface area (Å²) in [5.41, 5.74) is 0. The number of esters is 2. The van der Waals surface area contributed by atoms with Crippen molar-refractivity contribution < 1.29 is 19.1 Å². The zero-order valence-electron chi connectivity index (χ0n) is 33.3. The third-order valence-corrected chi connectivity index (χ3v) is 9.29. The quantitative estimate of drug-likeness (QED) is 0.0506. The molecular formula is C43H86O4. The number of ether oxygens (including phenoxy) is 2. The Balaban J connectivity index is 0. The summed E-state index contributed by atoms with van der Waals surface area (Å²) in [5, 5.41) is 0. The van der Waals surface area contributed by atoms with Crippen LogP contribution in [0.15, 0.2) is 0 Å². The predicted molar refractivity (Wildman–Crippen MR) is 206 cm³/mol. The van der Waals surface area contributed by atoms with Gasteiger partial charge in [-0.25, -0.2) is 0 Å². The molecule has 282 valence electrons. The van der Waals surface area contributed by atoms with Crippen LogP contribution < -0.4 is 0 Å². The molecule has 1 unspecified atom stereocenters. The van der Waals surface area contributed by atoms with E-state index in [0.29, 0.717) is 25.4 Å². The van der Waals surface area contributed by atoms with Crippen molar-refractivity contribution in [2.24, 2.45) is 11.8 Å². The minimum atomic E-state index is -0.0362. The summed E-state index contributed by atoms with van der Waals surface area (Å²) in [4.78, 5) is 23.1. The van der Waals surface area contributed by atoms with E-state index in [4.69, 9.17) is 9.47 Å². The van der Waals surface area contributed by atoms with E-state index >= 15 is 0 Å². The third kappa shape index (κ3) is 42.9. The Morgan fingerprint density at radius 3 is 1.21 bits per heavy atom. The molecular weight excluding hydrogens is 580 g/mol. The Morgan fingerprint density at radius 1 is 0.447 bits per heavy atom. The van der Waals surface area contributed by atoms with Crippen molar-refractivity contribution in [1.29, 1.82) is 0 Å². The molecule has 0 radical (unpaired) electrons. The molecule has 0 amide bonds. The molecule has 0 saturated carbocycles. The normalized spacial score (nSPS) is 11.9. The Hall–Kier alpha value is -1.06. The Morgan fingerprint density at radius 2 is 0.830 bits per heavy atom. The van der Waals surface area contributed by atoms with Crippen molar-refractivity contribution in [3.63, 3.8) is 0 Å². The summed E-state index contributed by atoms with van der Waals surface area (Å²) in [7, 11) is 0. The van der Waals surface area contributed by atoms with Gasteiger partial charge in [-0.2, -0.15) is 0 Å². The van der Waals surface area contributed by atoms with Crippen LogP contribution in [0.5, 0.6) is 0 Å². The number of hydrogen-bond acceptors (Lipinski definition) is 4. The van der Waals surface area contributed by atoms with E-state index in [0.717, 1.165) is 25.2 Å². The van der Waals surface area contributed by atoms with Crippen LogP contribution in [0.1, 0.15) is 241 Å². The number of carbonyl (C=O) groups excluding carboxylic acids is 2. The van der Waals surface area contributed by atoms with E-state index in [1.165, 1.54) is 161 Å². The number of unbranched alkanes of at least 4 members (excludes halogenated alkanes) is 22.